The maximum absolute atomic E-state index is 13.4. The van der Waals surface area contributed by atoms with Crippen molar-refractivity contribution in [3.05, 3.63) is 64.4 Å². The number of likely N-dealkylation sites (N-methyl/N-ethyl adjacent to an activating group) is 1. The molecule has 1 atom stereocenters. The number of rotatable bonds is 4. The molecule has 1 heterocycles. The fourth-order valence-corrected chi connectivity index (χ4v) is 1.97. The summed E-state index contributed by atoms with van der Waals surface area (Å²) in [5.41, 5.74) is 0.282. The van der Waals surface area contributed by atoms with Crippen LogP contribution in [0.25, 0.3) is 0 Å². The number of hydrogen-bond acceptors (Lipinski definition) is 3. The van der Waals surface area contributed by atoms with Crippen molar-refractivity contribution in [2.45, 2.75) is 6.04 Å². The van der Waals surface area contributed by atoms with Crippen molar-refractivity contribution in [3.63, 3.8) is 0 Å². The Morgan fingerprint density at radius 1 is 1.17 bits per heavy atom. The van der Waals surface area contributed by atoms with Crippen LogP contribution in [-0.4, -0.2) is 23.8 Å². The van der Waals surface area contributed by atoms with Crippen LogP contribution in [0.4, 0.5) is 8.78 Å². The van der Waals surface area contributed by atoms with Crippen molar-refractivity contribution in [1.82, 2.24) is 15.6 Å². The zero-order chi connectivity index (χ0) is 17.0. The van der Waals surface area contributed by atoms with E-state index in [1.54, 1.807) is 0 Å². The summed E-state index contributed by atoms with van der Waals surface area (Å²) in [6.45, 7) is 0. The van der Waals surface area contributed by atoms with Gasteiger partial charge in [-0.1, -0.05) is 17.7 Å². The first-order valence-corrected chi connectivity index (χ1v) is 6.89. The van der Waals surface area contributed by atoms with Gasteiger partial charge in [0, 0.05) is 13.2 Å². The van der Waals surface area contributed by atoms with Crippen LogP contribution in [0.2, 0.25) is 5.15 Å². The van der Waals surface area contributed by atoms with Gasteiger partial charge in [-0.2, -0.15) is 0 Å². The third-order valence-electron chi connectivity index (χ3n) is 3.05. The Hall–Kier alpha value is -2.54. The van der Waals surface area contributed by atoms with Gasteiger partial charge in [0.15, 0.2) is 11.6 Å². The van der Waals surface area contributed by atoms with Crippen LogP contribution in [0.5, 0.6) is 0 Å². The molecule has 5 nitrogen and oxygen atoms in total. The van der Waals surface area contributed by atoms with Crippen molar-refractivity contribution in [3.8, 4) is 0 Å². The summed E-state index contributed by atoms with van der Waals surface area (Å²) in [6.07, 6.45) is 1.24. The van der Waals surface area contributed by atoms with Gasteiger partial charge < -0.3 is 10.6 Å². The van der Waals surface area contributed by atoms with Gasteiger partial charge in [0.2, 0.25) is 5.91 Å². The lowest BCUT2D eigenvalue weighted by molar-refractivity contribution is -0.122. The van der Waals surface area contributed by atoms with Crippen LogP contribution in [0, 0.1) is 11.6 Å². The molecule has 23 heavy (non-hydrogen) atoms. The summed E-state index contributed by atoms with van der Waals surface area (Å²) in [7, 11) is 1.37. The highest BCUT2D eigenvalue weighted by atomic mass is 35.5. The van der Waals surface area contributed by atoms with Gasteiger partial charge in [-0.05, 0) is 29.8 Å². The van der Waals surface area contributed by atoms with E-state index in [9.17, 15) is 18.4 Å². The van der Waals surface area contributed by atoms with Crippen molar-refractivity contribution in [2.24, 2.45) is 0 Å². The van der Waals surface area contributed by atoms with E-state index in [4.69, 9.17) is 11.6 Å². The molecule has 0 radical (unpaired) electrons. The van der Waals surface area contributed by atoms with Crippen LogP contribution >= 0.6 is 11.6 Å². The Morgan fingerprint density at radius 2 is 1.91 bits per heavy atom. The second-order valence-corrected chi connectivity index (χ2v) is 4.95. The average Bonchev–Trinajstić information content (AvgIpc) is 2.55. The largest absolute Gasteiger partial charge is 0.357 e. The Labute approximate surface area is 135 Å². The number of halogens is 3. The van der Waals surface area contributed by atoms with E-state index in [1.807, 2.05) is 0 Å². The number of nitrogens with one attached hydrogen (secondary N) is 2. The number of benzene rings is 1. The highest BCUT2D eigenvalue weighted by Gasteiger charge is 2.23. The smallest absolute Gasteiger partial charge is 0.253 e. The predicted molar refractivity (Wildman–Crippen MR) is 79.9 cm³/mol. The van der Waals surface area contributed by atoms with E-state index >= 15 is 0 Å². The van der Waals surface area contributed by atoms with Crippen molar-refractivity contribution in [2.75, 3.05) is 7.05 Å². The highest BCUT2D eigenvalue weighted by molar-refractivity contribution is 6.29. The maximum Gasteiger partial charge on any atom is 0.253 e. The van der Waals surface area contributed by atoms with E-state index in [0.717, 1.165) is 12.1 Å². The number of amides is 2. The lowest BCUT2D eigenvalue weighted by Crippen LogP contribution is -2.39. The van der Waals surface area contributed by atoms with E-state index < -0.39 is 29.5 Å². The van der Waals surface area contributed by atoms with Gasteiger partial charge in [-0.25, -0.2) is 13.8 Å². The van der Waals surface area contributed by atoms with Crippen molar-refractivity contribution < 1.29 is 18.4 Å². The molecular weight excluding hydrogens is 328 g/mol. The number of aromatic nitrogens is 1. The number of nitrogens with zero attached hydrogens (tertiary/aromatic N) is 1. The summed E-state index contributed by atoms with van der Waals surface area (Å²) in [5.74, 6) is -3.34. The summed E-state index contributed by atoms with van der Waals surface area (Å²) in [4.78, 5) is 27.9. The Balaban J connectivity index is 2.28. The molecule has 2 amide bonds. The molecule has 0 fully saturated rings. The first-order chi connectivity index (χ1) is 10.9. The average molecular weight is 340 g/mol. The monoisotopic (exact) mass is 339 g/mol. The maximum atomic E-state index is 13.4. The molecule has 0 aliphatic heterocycles. The molecular formula is C15H12ClF2N3O2. The summed E-state index contributed by atoms with van der Waals surface area (Å²) in [5, 5.41) is 5.01. The molecule has 2 aromatic rings. The highest BCUT2D eigenvalue weighted by Crippen LogP contribution is 2.17. The van der Waals surface area contributed by atoms with E-state index in [2.05, 4.69) is 15.6 Å². The molecule has 0 spiro atoms. The Morgan fingerprint density at radius 3 is 2.48 bits per heavy atom. The summed E-state index contributed by atoms with van der Waals surface area (Å²) in [6, 6.07) is 4.63. The van der Waals surface area contributed by atoms with E-state index in [-0.39, 0.29) is 16.3 Å². The zero-order valence-electron chi connectivity index (χ0n) is 11.9. The fourth-order valence-electron chi connectivity index (χ4n) is 1.86. The number of carbonyl (C=O) groups is 2. The lowest BCUT2D eigenvalue weighted by Gasteiger charge is -2.18. The molecule has 1 aromatic carbocycles. The van der Waals surface area contributed by atoms with Crippen LogP contribution in [0.3, 0.4) is 0 Å². The summed E-state index contributed by atoms with van der Waals surface area (Å²) >= 11 is 5.64. The Kier molecular flexibility index (Phi) is 5.23. The van der Waals surface area contributed by atoms with Gasteiger partial charge in [0.1, 0.15) is 11.2 Å². The van der Waals surface area contributed by atoms with Crippen LogP contribution in [0.15, 0.2) is 36.5 Å². The second kappa shape index (κ2) is 7.15. The molecule has 2 rings (SSSR count). The van der Waals surface area contributed by atoms with Crippen LogP contribution < -0.4 is 10.6 Å². The zero-order valence-corrected chi connectivity index (χ0v) is 12.7. The normalized spacial score (nSPS) is 11.7. The third kappa shape index (κ3) is 4.01. The van der Waals surface area contributed by atoms with E-state index in [1.165, 1.54) is 31.4 Å². The van der Waals surface area contributed by atoms with Crippen LogP contribution in [-0.2, 0) is 4.79 Å². The SMILES string of the molecule is CNC(=O)C(NC(=O)c1ccc(Cl)nc1)c1ccc(F)c(F)c1. The lowest BCUT2D eigenvalue weighted by atomic mass is 10.1. The standard InChI is InChI=1S/C15H12ClF2N3O2/c1-19-15(23)13(8-2-4-10(17)11(18)6-8)21-14(22)9-3-5-12(16)20-7-9/h2-7,13H,1H3,(H,19,23)(H,21,22). The number of pyridine rings is 1. The van der Waals surface area contributed by atoms with Crippen LogP contribution in [0.1, 0.15) is 22.0 Å². The predicted octanol–water partition coefficient (Wildman–Crippen LogP) is 2.23. The minimum atomic E-state index is -1.18. The van der Waals surface area contributed by atoms with Gasteiger partial charge in [0.25, 0.3) is 5.91 Å². The quantitative estimate of drug-likeness (QED) is 0.839. The van der Waals surface area contributed by atoms with Crippen molar-refractivity contribution in [1.29, 1.82) is 0 Å². The van der Waals surface area contributed by atoms with Gasteiger partial charge >= 0.3 is 0 Å². The molecule has 0 saturated heterocycles. The number of carbonyl (C=O) groups excluding carboxylic acids is 2. The minimum Gasteiger partial charge on any atom is -0.357 e. The van der Waals surface area contributed by atoms with Gasteiger partial charge in [-0.15, -0.1) is 0 Å². The third-order valence-corrected chi connectivity index (χ3v) is 3.27. The van der Waals surface area contributed by atoms with E-state index in [0.29, 0.717) is 0 Å². The molecule has 1 unspecified atom stereocenters. The topological polar surface area (TPSA) is 71.1 Å². The molecule has 0 aliphatic rings. The molecule has 0 bridgehead atoms. The molecule has 0 saturated carbocycles. The minimum absolute atomic E-state index is 0.110. The first kappa shape index (κ1) is 16.8. The fraction of sp³-hybridized carbons (Fsp3) is 0.133. The van der Waals surface area contributed by atoms with Gasteiger partial charge in [-0.3, -0.25) is 9.59 Å². The summed E-state index contributed by atoms with van der Waals surface area (Å²) < 4.78 is 26.4. The van der Waals surface area contributed by atoms with Gasteiger partial charge in [0.05, 0.1) is 5.56 Å². The first-order valence-electron chi connectivity index (χ1n) is 6.51. The second-order valence-electron chi connectivity index (χ2n) is 4.56. The Bertz CT molecular complexity index is 738. The molecule has 120 valence electrons. The number of hydrogen-bond donors (Lipinski definition) is 2. The molecule has 2 N–H and O–H groups in total. The van der Waals surface area contributed by atoms with Crippen molar-refractivity contribution >= 4 is 23.4 Å². The molecule has 1 aromatic heterocycles. The molecule has 8 heteroatoms. The molecule has 0 aliphatic carbocycles.